The number of hydrogen-bond acceptors (Lipinski definition) is 7. The molecule has 44 heavy (non-hydrogen) atoms. The Bertz CT molecular complexity index is 1670. The monoisotopic (exact) mass is 673 g/mol. The van der Waals surface area contributed by atoms with E-state index >= 15 is 0 Å². The normalized spacial score (nSPS) is 15.5. The topological polar surface area (TPSA) is 130 Å². The van der Waals surface area contributed by atoms with E-state index in [1.807, 2.05) is 0 Å². The van der Waals surface area contributed by atoms with Crippen LogP contribution in [0.15, 0.2) is 58.8 Å². The van der Waals surface area contributed by atoms with Crippen LogP contribution in [0.4, 0.5) is 32.0 Å². The third kappa shape index (κ3) is 7.46. The maximum absolute atomic E-state index is 13.3. The highest BCUT2D eigenvalue weighted by atomic mass is 32.2. The average Bonchev–Trinajstić information content (AvgIpc) is 3.50. The molecule has 4 N–H and O–H groups in total. The van der Waals surface area contributed by atoms with Crippen molar-refractivity contribution in [2.75, 3.05) is 5.32 Å². The van der Waals surface area contributed by atoms with Crippen LogP contribution in [-0.2, 0) is 26.7 Å². The van der Waals surface area contributed by atoms with Gasteiger partial charge in [-0.05, 0) is 71.1 Å². The lowest BCUT2D eigenvalue weighted by Gasteiger charge is -2.25. The molecule has 2 aromatic carbocycles. The van der Waals surface area contributed by atoms with Gasteiger partial charge in [-0.1, -0.05) is 24.0 Å². The summed E-state index contributed by atoms with van der Waals surface area (Å²) in [5, 5.41) is 12.8. The number of rotatable bonds is 8. The maximum atomic E-state index is 13.3. The van der Waals surface area contributed by atoms with Crippen LogP contribution in [0, 0.1) is 0 Å². The molecule has 1 aliphatic heterocycles. The summed E-state index contributed by atoms with van der Waals surface area (Å²) in [6, 6.07) is 6.03. The molecular weight excluding hydrogens is 657 g/mol. The number of hydrogen-bond donors (Lipinski definition) is 3. The summed E-state index contributed by atoms with van der Waals surface area (Å²) < 4.78 is 79.7. The van der Waals surface area contributed by atoms with Crippen LogP contribution in [-0.4, -0.2) is 44.1 Å². The highest BCUT2D eigenvalue weighted by Crippen LogP contribution is 2.41. The fourth-order valence-corrected chi connectivity index (χ4v) is 6.26. The van der Waals surface area contributed by atoms with E-state index in [2.05, 4.69) is 5.32 Å². The first-order valence-electron chi connectivity index (χ1n) is 12.0. The number of alkyl halides is 6. The Morgan fingerprint density at radius 1 is 0.977 bits per heavy atom. The standard InChI is InChI=1S/C27H17F6N3O5S3/c28-26(29,30)15-5-13(6-16(8-15)27(31,32)33)14-7-18(43-11-14)9-20-23(39)36(25(42)44-20)19(10-21(34)37)22(38)35-17-3-1-12(2-4-17)24(40)41/h1-9,11,19H,10H2,(H2,34,37)(H,35,38)(H,40,41)/t19-/m1/s1. The minimum atomic E-state index is -5.03. The molecule has 2 heterocycles. The molecule has 0 saturated carbocycles. The fraction of sp³-hybridized carbons (Fsp3) is 0.148. The second kappa shape index (κ2) is 12.4. The first-order valence-corrected chi connectivity index (χ1v) is 14.1. The zero-order chi connectivity index (χ0) is 32.6. The van der Waals surface area contributed by atoms with E-state index in [1.165, 1.54) is 41.8 Å². The van der Waals surface area contributed by atoms with Gasteiger partial charge in [0.1, 0.15) is 10.4 Å². The summed E-state index contributed by atoms with van der Waals surface area (Å²) in [7, 11) is 0. The van der Waals surface area contributed by atoms with Gasteiger partial charge in [-0.3, -0.25) is 19.3 Å². The number of nitrogens with one attached hydrogen (secondary N) is 1. The van der Waals surface area contributed by atoms with E-state index in [0.717, 1.165) is 28.0 Å². The molecule has 17 heteroatoms. The molecule has 1 saturated heterocycles. The molecular formula is C27H17F6N3O5S3. The molecule has 0 unspecified atom stereocenters. The zero-order valence-electron chi connectivity index (χ0n) is 21.7. The van der Waals surface area contributed by atoms with Gasteiger partial charge < -0.3 is 16.2 Å². The highest BCUT2D eigenvalue weighted by Gasteiger charge is 2.41. The summed E-state index contributed by atoms with van der Waals surface area (Å²) in [5.74, 6) is -3.78. The van der Waals surface area contributed by atoms with E-state index in [0.29, 0.717) is 12.1 Å². The molecule has 4 rings (SSSR count). The molecule has 0 spiro atoms. The fourth-order valence-electron chi connectivity index (χ4n) is 3.99. The van der Waals surface area contributed by atoms with Gasteiger partial charge in [-0.25, -0.2) is 4.79 Å². The average molecular weight is 674 g/mol. The lowest BCUT2D eigenvalue weighted by Crippen LogP contribution is -2.48. The smallest absolute Gasteiger partial charge is 0.416 e. The first-order chi connectivity index (χ1) is 20.4. The maximum Gasteiger partial charge on any atom is 0.416 e. The van der Waals surface area contributed by atoms with E-state index in [4.69, 9.17) is 23.1 Å². The molecule has 0 bridgehead atoms. The molecule has 0 radical (unpaired) electrons. The van der Waals surface area contributed by atoms with Gasteiger partial charge in [-0.15, -0.1) is 11.3 Å². The summed E-state index contributed by atoms with van der Waals surface area (Å²) in [6.45, 7) is 0. The molecule has 1 aromatic heterocycles. The Morgan fingerprint density at radius 3 is 2.09 bits per heavy atom. The van der Waals surface area contributed by atoms with Crippen molar-refractivity contribution in [2.24, 2.45) is 5.73 Å². The van der Waals surface area contributed by atoms with E-state index in [9.17, 15) is 45.5 Å². The van der Waals surface area contributed by atoms with Crippen LogP contribution < -0.4 is 11.1 Å². The third-order valence-electron chi connectivity index (χ3n) is 6.05. The van der Waals surface area contributed by atoms with E-state index < -0.39 is 59.6 Å². The Hall–Kier alpha value is -4.22. The van der Waals surface area contributed by atoms with Crippen molar-refractivity contribution in [2.45, 2.75) is 24.8 Å². The third-order valence-corrected chi connectivity index (χ3v) is 8.26. The molecule has 3 aromatic rings. The number of carbonyl (C=O) groups excluding carboxylic acids is 3. The van der Waals surface area contributed by atoms with Crippen molar-refractivity contribution in [1.82, 2.24) is 4.90 Å². The number of nitrogens with two attached hydrogens (primary N) is 1. The number of halogens is 6. The van der Waals surface area contributed by atoms with Gasteiger partial charge in [-0.2, -0.15) is 26.3 Å². The van der Waals surface area contributed by atoms with E-state index in [1.54, 1.807) is 0 Å². The quantitative estimate of drug-likeness (QED) is 0.147. The van der Waals surface area contributed by atoms with Crippen LogP contribution in [0.25, 0.3) is 17.2 Å². The lowest BCUT2D eigenvalue weighted by atomic mass is 10.0. The SMILES string of the molecule is NC(=O)C[C@H](C(=O)Nc1ccc(C(=O)O)cc1)N1C(=O)C(=Cc2cc(-c3cc(C(F)(F)F)cc(C(F)(F)F)c3)cs2)SC1=S. The van der Waals surface area contributed by atoms with Gasteiger partial charge in [0.05, 0.1) is 28.0 Å². The van der Waals surface area contributed by atoms with Crippen LogP contribution >= 0.6 is 35.3 Å². The van der Waals surface area contributed by atoms with Crippen LogP contribution in [0.2, 0.25) is 0 Å². The van der Waals surface area contributed by atoms with Crippen LogP contribution in [0.5, 0.6) is 0 Å². The summed E-state index contributed by atoms with van der Waals surface area (Å²) in [4.78, 5) is 50.4. The van der Waals surface area contributed by atoms with Crippen LogP contribution in [0.1, 0.15) is 32.8 Å². The minimum absolute atomic E-state index is 0.0197. The lowest BCUT2D eigenvalue weighted by molar-refractivity contribution is -0.143. The van der Waals surface area contributed by atoms with Gasteiger partial charge in [0, 0.05) is 10.6 Å². The number of thioether (sulfide) groups is 1. The first kappa shape index (κ1) is 32.7. The Balaban J connectivity index is 1.60. The zero-order valence-corrected chi connectivity index (χ0v) is 24.1. The number of benzene rings is 2. The van der Waals surface area contributed by atoms with Crippen molar-refractivity contribution in [3.05, 3.63) is 80.4 Å². The van der Waals surface area contributed by atoms with Crippen molar-refractivity contribution in [1.29, 1.82) is 0 Å². The van der Waals surface area contributed by atoms with Crippen LogP contribution in [0.3, 0.4) is 0 Å². The Labute approximate surface area is 257 Å². The van der Waals surface area contributed by atoms with Crippen molar-refractivity contribution < 1.29 is 50.6 Å². The van der Waals surface area contributed by atoms with Gasteiger partial charge in [0.2, 0.25) is 11.8 Å². The molecule has 0 aliphatic carbocycles. The van der Waals surface area contributed by atoms with Gasteiger partial charge >= 0.3 is 18.3 Å². The number of thiocarbonyl (C=S) groups is 1. The number of anilines is 1. The Kier molecular flexibility index (Phi) is 9.22. The minimum Gasteiger partial charge on any atom is -0.478 e. The molecule has 8 nitrogen and oxygen atoms in total. The van der Waals surface area contributed by atoms with Gasteiger partial charge in [0.15, 0.2) is 0 Å². The number of carboxylic acid groups (broad SMARTS) is 1. The number of carbonyl (C=O) groups is 4. The van der Waals surface area contributed by atoms with Crippen molar-refractivity contribution in [3.8, 4) is 11.1 Å². The summed E-state index contributed by atoms with van der Waals surface area (Å²) >= 11 is 6.96. The summed E-state index contributed by atoms with van der Waals surface area (Å²) in [6.07, 6.45) is -9.38. The van der Waals surface area contributed by atoms with E-state index in [-0.39, 0.29) is 42.5 Å². The molecule has 230 valence electrons. The van der Waals surface area contributed by atoms with Gasteiger partial charge in [0.25, 0.3) is 5.91 Å². The van der Waals surface area contributed by atoms with Crippen molar-refractivity contribution in [3.63, 3.8) is 0 Å². The molecule has 3 amide bonds. The second-order valence-corrected chi connectivity index (χ2v) is 11.8. The predicted octanol–water partition coefficient (Wildman–Crippen LogP) is 6.23. The predicted molar refractivity (Wildman–Crippen MR) is 154 cm³/mol. The highest BCUT2D eigenvalue weighted by molar-refractivity contribution is 8.26. The largest absolute Gasteiger partial charge is 0.478 e. The second-order valence-electron chi connectivity index (χ2n) is 9.14. The number of primary amides is 1. The van der Waals surface area contributed by atoms with Crippen molar-refractivity contribution >= 4 is 75.1 Å². The molecule has 1 atom stereocenters. The Morgan fingerprint density at radius 2 is 1.57 bits per heavy atom. The number of carboxylic acids is 1. The molecule has 1 fully saturated rings. The number of thiophene rings is 1. The number of amides is 3. The number of nitrogens with zero attached hydrogens (tertiary/aromatic N) is 1. The number of aromatic carboxylic acids is 1. The summed E-state index contributed by atoms with van der Waals surface area (Å²) in [5.41, 5.74) is 2.14. The molecule has 1 aliphatic rings.